The quantitative estimate of drug-likeness (QED) is 0.127. The van der Waals surface area contributed by atoms with Gasteiger partial charge >= 0.3 is 0 Å². The van der Waals surface area contributed by atoms with Crippen LogP contribution in [0.4, 0.5) is 4.39 Å². The molecule has 0 atom stereocenters. The van der Waals surface area contributed by atoms with E-state index in [1.807, 2.05) is 68.7 Å². The largest absolute Gasteiger partial charge is 0.305 e. The Bertz CT molecular complexity index is 2280. The first kappa shape index (κ1) is 35.0. The van der Waals surface area contributed by atoms with Crippen LogP contribution in [0, 0.1) is 38.7 Å². The van der Waals surface area contributed by atoms with Crippen LogP contribution in [0.15, 0.2) is 97.3 Å². The summed E-state index contributed by atoms with van der Waals surface area (Å²) in [5.41, 5.74) is 11.1. The first-order valence-corrected chi connectivity index (χ1v) is 20.6. The van der Waals surface area contributed by atoms with Gasteiger partial charge in [0.25, 0.3) is 0 Å². The van der Waals surface area contributed by atoms with Gasteiger partial charge in [0, 0.05) is 38.6 Å². The Labute approximate surface area is 310 Å². The van der Waals surface area contributed by atoms with E-state index in [1.165, 1.54) is 33.5 Å². The molecule has 251 valence electrons. The van der Waals surface area contributed by atoms with Crippen LogP contribution < -0.4 is 5.19 Å². The van der Waals surface area contributed by atoms with Gasteiger partial charge in [-0.2, -0.15) is 11.3 Å². The molecule has 0 N–H and O–H groups in total. The van der Waals surface area contributed by atoms with E-state index >= 15 is 0 Å². The molecule has 0 aliphatic heterocycles. The summed E-state index contributed by atoms with van der Waals surface area (Å²) in [6, 6.07) is 34.0. The minimum atomic E-state index is -1.50. The minimum absolute atomic E-state index is 0. The van der Waals surface area contributed by atoms with Crippen LogP contribution in [0.2, 0.25) is 19.6 Å². The van der Waals surface area contributed by atoms with E-state index in [4.69, 9.17) is 1.37 Å². The third-order valence-electron chi connectivity index (χ3n) is 8.61. The summed E-state index contributed by atoms with van der Waals surface area (Å²) < 4.78 is 24.4. The SMILES string of the molecule is Cc1cc(C)c(-c2ccnc(-c3[c-]ccc4c3sc3ccc(F)cc34)c2)c(C)c1.[2H]C(C)(C)c1cc(-c2[c-]cccc2)ncc1[Si](C)(C)C.[Ir]. The first-order chi connectivity index (χ1) is 23.2. The third-order valence-corrected chi connectivity index (χ3v) is 11.8. The first-order valence-electron chi connectivity index (χ1n) is 16.8. The van der Waals surface area contributed by atoms with Crippen molar-refractivity contribution < 1.29 is 25.9 Å². The van der Waals surface area contributed by atoms with Gasteiger partial charge in [-0.15, -0.1) is 59.7 Å². The van der Waals surface area contributed by atoms with Gasteiger partial charge in [-0.3, -0.25) is 0 Å². The van der Waals surface area contributed by atoms with Crippen LogP contribution in [-0.2, 0) is 20.1 Å². The molecule has 0 saturated carbocycles. The predicted molar refractivity (Wildman–Crippen MR) is 207 cm³/mol. The van der Waals surface area contributed by atoms with Crippen molar-refractivity contribution in [1.29, 1.82) is 0 Å². The molecule has 7 rings (SSSR count). The van der Waals surface area contributed by atoms with Gasteiger partial charge in [-0.25, -0.2) is 4.39 Å². The maximum absolute atomic E-state index is 13.8. The number of hydrogen-bond acceptors (Lipinski definition) is 3. The van der Waals surface area contributed by atoms with Crippen molar-refractivity contribution in [2.24, 2.45) is 0 Å². The molecule has 0 bridgehead atoms. The van der Waals surface area contributed by atoms with Crippen LogP contribution >= 0.6 is 11.3 Å². The average molecular weight is 858 g/mol. The molecule has 6 heteroatoms. The standard InChI is InChI=1S/C26H19FNS.C17H22NSi.Ir/c1-15-11-16(2)25(17(3)12-15)18-9-10-28-23(13-18)21-6-4-5-20-22-14-19(27)7-8-24(22)29-26(20)21;1-13(2)15-11-16(14-9-7-6-8-10-14)18-12-17(15)19(3,4)5;/h4-5,7-14H,1-3H3;6-9,11-13H,1-5H3;/q2*-1;/i;13D;. The summed E-state index contributed by atoms with van der Waals surface area (Å²) >= 11 is 1.66. The van der Waals surface area contributed by atoms with E-state index in [0.717, 1.165) is 53.8 Å². The van der Waals surface area contributed by atoms with E-state index in [-0.39, 0.29) is 25.9 Å². The van der Waals surface area contributed by atoms with Crippen LogP contribution in [0.25, 0.3) is 53.8 Å². The molecule has 3 heterocycles. The van der Waals surface area contributed by atoms with E-state index < -0.39 is 14.0 Å². The van der Waals surface area contributed by atoms with Gasteiger partial charge in [0.05, 0.1) is 8.07 Å². The molecule has 7 aromatic rings. The van der Waals surface area contributed by atoms with Crippen molar-refractivity contribution >= 4 is 44.8 Å². The maximum atomic E-state index is 13.8. The molecule has 0 aliphatic carbocycles. The predicted octanol–water partition coefficient (Wildman–Crippen LogP) is 11.9. The van der Waals surface area contributed by atoms with Gasteiger partial charge in [-0.1, -0.05) is 74.3 Å². The number of pyridine rings is 2. The molecule has 49 heavy (non-hydrogen) atoms. The van der Waals surface area contributed by atoms with Crippen LogP contribution in [0.5, 0.6) is 0 Å². The minimum Gasteiger partial charge on any atom is -0.305 e. The van der Waals surface area contributed by atoms with Crippen molar-refractivity contribution in [2.45, 2.75) is 60.2 Å². The van der Waals surface area contributed by atoms with Gasteiger partial charge in [-0.05, 0) is 99.8 Å². The van der Waals surface area contributed by atoms with E-state index in [1.54, 1.807) is 17.4 Å². The second kappa shape index (κ2) is 15.0. The fourth-order valence-corrected chi connectivity index (χ4v) is 9.20. The Morgan fingerprint density at radius 2 is 1.57 bits per heavy atom. The van der Waals surface area contributed by atoms with Crippen LogP contribution in [-0.4, -0.2) is 18.0 Å². The van der Waals surface area contributed by atoms with Crippen molar-refractivity contribution in [3.63, 3.8) is 0 Å². The molecule has 4 aromatic carbocycles. The zero-order chi connectivity index (χ0) is 35.1. The number of thiophene rings is 1. The Kier molecular flexibility index (Phi) is 10.7. The van der Waals surface area contributed by atoms with Gasteiger partial charge in [0.1, 0.15) is 5.82 Å². The summed E-state index contributed by atoms with van der Waals surface area (Å²) in [6.07, 6.45) is 3.84. The summed E-state index contributed by atoms with van der Waals surface area (Å²) in [7, 11) is -1.50. The number of fused-ring (bicyclic) bond motifs is 3. The third kappa shape index (κ3) is 7.84. The second-order valence-electron chi connectivity index (χ2n) is 13.7. The summed E-state index contributed by atoms with van der Waals surface area (Å²) in [6.45, 7) is 17.2. The van der Waals surface area contributed by atoms with E-state index in [0.29, 0.717) is 0 Å². The van der Waals surface area contributed by atoms with Crippen molar-refractivity contribution in [1.82, 2.24) is 9.97 Å². The summed E-state index contributed by atoms with van der Waals surface area (Å²) in [4.78, 5) is 9.26. The Balaban J connectivity index is 0.000000204. The number of aromatic nitrogens is 2. The smallest absolute Gasteiger partial charge is 0.123 e. The number of benzene rings is 4. The fraction of sp³-hybridized carbons (Fsp3) is 0.209. The topological polar surface area (TPSA) is 25.8 Å². The van der Waals surface area contributed by atoms with Crippen molar-refractivity contribution in [2.75, 3.05) is 0 Å². The fourth-order valence-electron chi connectivity index (χ4n) is 6.43. The number of rotatable bonds is 5. The van der Waals surface area contributed by atoms with Crippen LogP contribution in [0.1, 0.15) is 43.4 Å². The number of aryl methyl sites for hydroxylation is 3. The normalized spacial score (nSPS) is 11.9. The monoisotopic (exact) mass is 858 g/mol. The molecule has 2 nitrogen and oxygen atoms in total. The molecule has 0 fully saturated rings. The van der Waals surface area contributed by atoms with Crippen molar-refractivity contribution in [3.8, 4) is 33.6 Å². The number of halogens is 1. The van der Waals surface area contributed by atoms with E-state index in [2.05, 4.69) is 92.8 Å². The Morgan fingerprint density at radius 1 is 0.816 bits per heavy atom. The van der Waals surface area contributed by atoms with Gasteiger partial charge < -0.3 is 9.97 Å². The molecule has 0 saturated heterocycles. The molecular formula is C43H41FIrN2SSi-2. The summed E-state index contributed by atoms with van der Waals surface area (Å²) in [5, 5.41) is 3.27. The molecule has 0 amide bonds. The number of nitrogens with zero attached hydrogens (tertiary/aromatic N) is 2. The van der Waals surface area contributed by atoms with Gasteiger partial charge in [0.15, 0.2) is 0 Å². The second-order valence-corrected chi connectivity index (χ2v) is 19.8. The molecule has 0 unspecified atom stereocenters. The number of hydrogen-bond donors (Lipinski definition) is 0. The average Bonchev–Trinajstić information content (AvgIpc) is 3.42. The van der Waals surface area contributed by atoms with Crippen molar-refractivity contribution in [3.05, 3.63) is 138 Å². The zero-order valence-electron chi connectivity index (χ0n) is 30.3. The van der Waals surface area contributed by atoms with E-state index in [9.17, 15) is 4.39 Å². The molecule has 3 aromatic heterocycles. The molecule has 0 spiro atoms. The Morgan fingerprint density at radius 3 is 2.24 bits per heavy atom. The van der Waals surface area contributed by atoms with Crippen LogP contribution in [0.3, 0.4) is 0 Å². The summed E-state index contributed by atoms with van der Waals surface area (Å²) in [5.74, 6) is -0.820. The maximum Gasteiger partial charge on any atom is 0.123 e. The molecule has 0 aliphatic rings. The van der Waals surface area contributed by atoms with Gasteiger partial charge in [0.2, 0.25) is 0 Å². The molecule has 1 radical (unpaired) electrons. The molecular weight excluding hydrogens is 816 g/mol. The zero-order valence-corrected chi connectivity index (χ0v) is 33.5. The Hall–Kier alpha value is -3.80.